The molecule has 3 rings (SSSR count). The molecule has 7 nitrogen and oxygen atoms in total. The number of halogens is 2. The summed E-state index contributed by atoms with van der Waals surface area (Å²) < 4.78 is 0. The smallest absolute Gasteiger partial charge is 0.320 e. The Kier molecular flexibility index (Phi) is 5.25. The van der Waals surface area contributed by atoms with E-state index in [0.717, 1.165) is 28.8 Å². The zero-order valence-electron chi connectivity index (χ0n) is 13.4. The molecule has 0 bridgehead atoms. The number of H-pyrrole nitrogens is 1. The molecule has 4 N–H and O–H groups in total. The van der Waals surface area contributed by atoms with Gasteiger partial charge in [-0.1, -0.05) is 29.3 Å². The van der Waals surface area contributed by atoms with Crippen LogP contribution < -0.4 is 16.0 Å². The van der Waals surface area contributed by atoms with Gasteiger partial charge in [0.1, 0.15) is 5.82 Å². The second kappa shape index (κ2) is 7.58. The average molecular weight is 379 g/mol. The maximum atomic E-state index is 12.0. The Bertz CT molecular complexity index is 911. The molecule has 0 saturated carbocycles. The maximum Gasteiger partial charge on any atom is 0.320 e. The molecule has 0 fully saturated rings. The molecule has 130 valence electrons. The van der Waals surface area contributed by atoms with Gasteiger partial charge in [-0.2, -0.15) is 5.10 Å². The van der Waals surface area contributed by atoms with E-state index in [0.29, 0.717) is 22.4 Å². The molecule has 2 amide bonds. The molecule has 0 radical (unpaired) electrons. The standard InChI is InChI=1S/C16H16Cl2N6O/c1-2-19-15-10-8-20-14(6-13(10)23-24-15)22-16(25)21-7-9-3-4-11(17)12(18)5-9/h3-6,8H,2,7H2,1H3,(H2,19,23,24)(H2,20,21,22,25). The molecule has 3 aromatic rings. The third kappa shape index (κ3) is 4.12. The van der Waals surface area contributed by atoms with E-state index in [1.54, 1.807) is 30.5 Å². The van der Waals surface area contributed by atoms with Crippen molar-refractivity contribution in [3.8, 4) is 0 Å². The van der Waals surface area contributed by atoms with Crippen LogP contribution >= 0.6 is 23.2 Å². The number of aromatic nitrogens is 3. The summed E-state index contributed by atoms with van der Waals surface area (Å²) in [7, 11) is 0. The van der Waals surface area contributed by atoms with Gasteiger partial charge in [-0.15, -0.1) is 0 Å². The minimum atomic E-state index is -0.371. The van der Waals surface area contributed by atoms with Crippen molar-refractivity contribution in [1.29, 1.82) is 0 Å². The number of aromatic amines is 1. The number of anilines is 2. The zero-order valence-corrected chi connectivity index (χ0v) is 14.9. The second-order valence-corrected chi connectivity index (χ2v) is 6.09. The third-order valence-corrected chi connectivity index (χ3v) is 4.21. The molecular weight excluding hydrogens is 363 g/mol. The summed E-state index contributed by atoms with van der Waals surface area (Å²) in [5.41, 5.74) is 1.63. The first-order valence-corrected chi connectivity index (χ1v) is 8.39. The number of fused-ring (bicyclic) bond motifs is 1. The summed E-state index contributed by atoms with van der Waals surface area (Å²) >= 11 is 11.8. The van der Waals surface area contributed by atoms with Gasteiger partial charge in [-0.3, -0.25) is 10.4 Å². The lowest BCUT2D eigenvalue weighted by Crippen LogP contribution is -2.28. The lowest BCUT2D eigenvalue weighted by atomic mass is 10.2. The minimum Gasteiger partial charge on any atom is -0.368 e. The van der Waals surface area contributed by atoms with Crippen LogP contribution in [-0.2, 0) is 6.54 Å². The molecule has 1 aromatic carbocycles. The molecule has 25 heavy (non-hydrogen) atoms. The van der Waals surface area contributed by atoms with Crippen molar-refractivity contribution >= 4 is 51.8 Å². The fourth-order valence-electron chi connectivity index (χ4n) is 2.28. The zero-order chi connectivity index (χ0) is 17.8. The monoisotopic (exact) mass is 378 g/mol. The predicted molar refractivity (Wildman–Crippen MR) is 100 cm³/mol. The highest BCUT2D eigenvalue weighted by atomic mass is 35.5. The third-order valence-electron chi connectivity index (χ3n) is 3.47. The van der Waals surface area contributed by atoms with Crippen LogP contribution in [0.4, 0.5) is 16.4 Å². The quantitative estimate of drug-likeness (QED) is 0.539. The van der Waals surface area contributed by atoms with E-state index >= 15 is 0 Å². The topological polar surface area (TPSA) is 94.7 Å². The number of benzene rings is 1. The van der Waals surface area contributed by atoms with Crippen molar-refractivity contribution in [3.05, 3.63) is 46.1 Å². The Labute approximate surface area is 154 Å². The summed E-state index contributed by atoms with van der Waals surface area (Å²) in [5, 5.41) is 17.4. The number of nitrogens with one attached hydrogen (secondary N) is 4. The van der Waals surface area contributed by atoms with E-state index in [-0.39, 0.29) is 6.03 Å². The van der Waals surface area contributed by atoms with Crippen LogP contribution in [0.1, 0.15) is 12.5 Å². The second-order valence-electron chi connectivity index (χ2n) is 5.27. The van der Waals surface area contributed by atoms with E-state index < -0.39 is 0 Å². The Morgan fingerprint density at radius 1 is 1.24 bits per heavy atom. The van der Waals surface area contributed by atoms with Crippen LogP contribution in [0.3, 0.4) is 0 Å². The fourth-order valence-corrected chi connectivity index (χ4v) is 2.60. The van der Waals surface area contributed by atoms with Crippen molar-refractivity contribution in [2.24, 2.45) is 0 Å². The van der Waals surface area contributed by atoms with Crippen molar-refractivity contribution < 1.29 is 4.79 Å². The Morgan fingerprint density at radius 2 is 2.08 bits per heavy atom. The molecule has 0 spiro atoms. The van der Waals surface area contributed by atoms with E-state index in [2.05, 4.69) is 31.1 Å². The van der Waals surface area contributed by atoms with Gasteiger partial charge in [0, 0.05) is 25.4 Å². The highest BCUT2D eigenvalue weighted by Crippen LogP contribution is 2.23. The van der Waals surface area contributed by atoms with Gasteiger partial charge in [0.15, 0.2) is 5.82 Å². The minimum absolute atomic E-state index is 0.319. The van der Waals surface area contributed by atoms with Gasteiger partial charge >= 0.3 is 6.03 Å². The first-order valence-electron chi connectivity index (χ1n) is 7.63. The van der Waals surface area contributed by atoms with Gasteiger partial charge in [-0.25, -0.2) is 9.78 Å². The van der Waals surface area contributed by atoms with E-state index in [1.807, 2.05) is 6.92 Å². The molecule has 0 aliphatic carbocycles. The molecule has 0 aliphatic heterocycles. The van der Waals surface area contributed by atoms with Crippen molar-refractivity contribution in [3.63, 3.8) is 0 Å². The Balaban J connectivity index is 1.62. The number of hydrogen-bond donors (Lipinski definition) is 4. The van der Waals surface area contributed by atoms with Crippen LogP contribution in [0.5, 0.6) is 0 Å². The average Bonchev–Trinajstić information content (AvgIpc) is 2.99. The maximum absolute atomic E-state index is 12.0. The van der Waals surface area contributed by atoms with Crippen LogP contribution in [0.25, 0.3) is 10.9 Å². The molecule has 9 heteroatoms. The molecule has 0 aliphatic rings. The van der Waals surface area contributed by atoms with Crippen molar-refractivity contribution in [2.75, 3.05) is 17.2 Å². The number of carbonyl (C=O) groups is 1. The highest BCUT2D eigenvalue weighted by Gasteiger charge is 2.09. The normalized spacial score (nSPS) is 10.7. The van der Waals surface area contributed by atoms with Crippen LogP contribution in [-0.4, -0.2) is 27.8 Å². The van der Waals surface area contributed by atoms with E-state index in [9.17, 15) is 4.79 Å². The molecule has 0 saturated heterocycles. The van der Waals surface area contributed by atoms with Gasteiger partial charge in [-0.05, 0) is 24.6 Å². The summed E-state index contributed by atoms with van der Waals surface area (Å²) in [5.74, 6) is 1.16. The number of rotatable bonds is 5. The summed E-state index contributed by atoms with van der Waals surface area (Å²) in [6, 6.07) is 6.55. The van der Waals surface area contributed by atoms with E-state index in [4.69, 9.17) is 23.2 Å². The SMILES string of the molecule is CCNc1n[nH]c2cc(NC(=O)NCc3ccc(Cl)c(Cl)c3)ncc12. The number of hydrogen-bond acceptors (Lipinski definition) is 4. The van der Waals surface area contributed by atoms with Crippen molar-refractivity contribution in [2.45, 2.75) is 13.5 Å². The largest absolute Gasteiger partial charge is 0.368 e. The van der Waals surface area contributed by atoms with Gasteiger partial charge in [0.05, 0.1) is 20.9 Å². The van der Waals surface area contributed by atoms with Gasteiger partial charge < -0.3 is 10.6 Å². The number of pyridine rings is 1. The van der Waals surface area contributed by atoms with Crippen molar-refractivity contribution in [1.82, 2.24) is 20.5 Å². The Hall–Kier alpha value is -2.51. The lowest BCUT2D eigenvalue weighted by molar-refractivity contribution is 0.251. The van der Waals surface area contributed by atoms with E-state index in [1.165, 1.54) is 0 Å². The predicted octanol–water partition coefficient (Wildman–Crippen LogP) is 4.02. The van der Waals surface area contributed by atoms with Crippen LogP contribution in [0.15, 0.2) is 30.5 Å². The first-order chi connectivity index (χ1) is 12.1. The molecule has 2 aromatic heterocycles. The molecule has 0 atom stereocenters. The fraction of sp³-hybridized carbons (Fsp3) is 0.188. The molecular formula is C16H16Cl2N6O. The molecule has 2 heterocycles. The summed E-state index contributed by atoms with van der Waals surface area (Å²) in [4.78, 5) is 16.3. The molecule has 0 unspecified atom stereocenters. The highest BCUT2D eigenvalue weighted by molar-refractivity contribution is 6.42. The van der Waals surface area contributed by atoms with Gasteiger partial charge in [0.25, 0.3) is 0 Å². The number of amides is 2. The Morgan fingerprint density at radius 3 is 2.84 bits per heavy atom. The number of urea groups is 1. The summed E-state index contributed by atoms with van der Waals surface area (Å²) in [6.45, 7) is 3.07. The first kappa shape index (κ1) is 17.3. The number of carbonyl (C=O) groups excluding carboxylic acids is 1. The van der Waals surface area contributed by atoms with Crippen LogP contribution in [0.2, 0.25) is 10.0 Å². The van der Waals surface area contributed by atoms with Gasteiger partial charge in [0.2, 0.25) is 0 Å². The summed E-state index contributed by atoms with van der Waals surface area (Å²) in [6.07, 6.45) is 1.66. The van der Waals surface area contributed by atoms with Crippen LogP contribution in [0, 0.1) is 0 Å². The number of nitrogens with zero attached hydrogens (tertiary/aromatic N) is 2. The lowest BCUT2D eigenvalue weighted by Gasteiger charge is -2.08.